The first-order valence-corrected chi connectivity index (χ1v) is 6.87. The second-order valence-electron chi connectivity index (χ2n) is 3.58. The number of benzene rings is 1. The fraction of sp³-hybridized carbons (Fsp3) is 0.273. The second-order valence-corrected chi connectivity index (χ2v) is 5.98. The van der Waals surface area contributed by atoms with E-state index in [-0.39, 0.29) is 0 Å². The number of halogens is 1. The van der Waals surface area contributed by atoms with Crippen molar-refractivity contribution < 1.29 is 8.42 Å². The molecular formula is C11H12ClNO2S. The van der Waals surface area contributed by atoms with Gasteiger partial charge in [-0.05, 0) is 36.4 Å². The topological polar surface area (TPSA) is 46.2 Å². The summed E-state index contributed by atoms with van der Waals surface area (Å²) in [6.07, 6.45) is 1.68. The highest BCUT2D eigenvalue weighted by Crippen LogP contribution is 2.33. The number of fused-ring (bicyclic) bond motifs is 1. The molecule has 1 aliphatic rings. The third-order valence-electron chi connectivity index (χ3n) is 2.47. The number of nitrogens with one attached hydrogen (secondary N) is 1. The molecule has 0 unspecified atom stereocenters. The molecule has 0 atom stereocenters. The monoisotopic (exact) mass is 257 g/mol. The molecule has 5 heteroatoms. The van der Waals surface area contributed by atoms with E-state index < -0.39 is 9.84 Å². The molecule has 1 aromatic rings. The molecular weight excluding hydrogens is 246 g/mol. The van der Waals surface area contributed by atoms with Gasteiger partial charge in [0, 0.05) is 11.6 Å². The molecule has 86 valence electrons. The lowest BCUT2D eigenvalue weighted by Gasteiger charge is -2.03. The van der Waals surface area contributed by atoms with Crippen LogP contribution in [0.4, 0.5) is 0 Å². The van der Waals surface area contributed by atoms with Crippen molar-refractivity contribution in [1.29, 1.82) is 0 Å². The average Bonchev–Trinajstić information content (AvgIpc) is 2.47. The molecule has 0 bridgehead atoms. The van der Waals surface area contributed by atoms with Gasteiger partial charge in [-0.15, -0.1) is 0 Å². The summed E-state index contributed by atoms with van der Waals surface area (Å²) in [6.45, 7) is 3.04. The van der Waals surface area contributed by atoms with Gasteiger partial charge in [0.1, 0.15) is 0 Å². The minimum Gasteiger partial charge on any atom is -0.312 e. The Kier molecular flexibility index (Phi) is 3.06. The Morgan fingerprint density at radius 1 is 1.38 bits per heavy atom. The van der Waals surface area contributed by atoms with E-state index in [1.165, 1.54) is 0 Å². The van der Waals surface area contributed by atoms with E-state index in [0.717, 1.165) is 6.54 Å². The van der Waals surface area contributed by atoms with Crippen LogP contribution in [-0.4, -0.2) is 21.5 Å². The zero-order valence-electron chi connectivity index (χ0n) is 8.83. The molecule has 16 heavy (non-hydrogen) atoms. The van der Waals surface area contributed by atoms with Crippen molar-refractivity contribution >= 4 is 27.5 Å². The van der Waals surface area contributed by atoms with Crippen LogP contribution < -0.4 is 5.32 Å². The Bertz CT molecular complexity index is 549. The van der Waals surface area contributed by atoms with Gasteiger partial charge in [-0.1, -0.05) is 18.5 Å². The van der Waals surface area contributed by atoms with Crippen LogP contribution in [0.5, 0.6) is 0 Å². The second kappa shape index (κ2) is 4.20. The summed E-state index contributed by atoms with van der Waals surface area (Å²) in [6, 6.07) is 4.83. The van der Waals surface area contributed by atoms with E-state index in [4.69, 9.17) is 11.6 Å². The van der Waals surface area contributed by atoms with Crippen molar-refractivity contribution in [3.8, 4) is 0 Å². The van der Waals surface area contributed by atoms with Crippen LogP contribution in [0.25, 0.3) is 6.08 Å². The molecule has 0 aromatic heterocycles. The van der Waals surface area contributed by atoms with Crippen LogP contribution in [0.3, 0.4) is 0 Å². The molecule has 1 aromatic carbocycles. The van der Waals surface area contributed by atoms with Crippen molar-refractivity contribution in [1.82, 2.24) is 5.32 Å². The molecule has 0 aliphatic carbocycles. The molecule has 0 radical (unpaired) electrons. The smallest absolute Gasteiger partial charge is 0.204 e. The lowest BCUT2D eigenvalue weighted by Crippen LogP contribution is -2.19. The maximum Gasteiger partial charge on any atom is 0.204 e. The van der Waals surface area contributed by atoms with Crippen molar-refractivity contribution in [2.75, 3.05) is 13.1 Å². The van der Waals surface area contributed by atoms with Crippen LogP contribution in [0.15, 0.2) is 28.0 Å². The average molecular weight is 258 g/mol. The summed E-state index contributed by atoms with van der Waals surface area (Å²) in [5.74, 6) is 0. The van der Waals surface area contributed by atoms with Gasteiger partial charge < -0.3 is 5.32 Å². The number of sulfone groups is 1. The van der Waals surface area contributed by atoms with Crippen molar-refractivity contribution in [2.24, 2.45) is 0 Å². The lowest BCUT2D eigenvalue weighted by atomic mass is 10.2. The maximum atomic E-state index is 12.1. The first kappa shape index (κ1) is 11.6. The summed E-state index contributed by atoms with van der Waals surface area (Å²) in [4.78, 5) is 0.761. The minimum absolute atomic E-state index is 0.352. The molecule has 1 N–H and O–H groups in total. The normalized spacial score (nSPS) is 17.0. The van der Waals surface area contributed by atoms with E-state index in [2.05, 4.69) is 5.32 Å². The van der Waals surface area contributed by atoms with Gasteiger partial charge in [-0.3, -0.25) is 0 Å². The van der Waals surface area contributed by atoms with Crippen molar-refractivity contribution in [2.45, 2.75) is 11.8 Å². The highest BCUT2D eigenvalue weighted by Gasteiger charge is 2.28. The van der Waals surface area contributed by atoms with E-state index in [9.17, 15) is 8.42 Å². The number of rotatable bonds is 3. The summed E-state index contributed by atoms with van der Waals surface area (Å²) in [5, 5.41) is 3.57. The summed E-state index contributed by atoms with van der Waals surface area (Å²) in [5.41, 5.74) is 0.681. The summed E-state index contributed by atoms with van der Waals surface area (Å²) in [7, 11) is -3.30. The minimum atomic E-state index is -3.30. The first-order chi connectivity index (χ1) is 7.55. The summed E-state index contributed by atoms with van der Waals surface area (Å²) < 4.78 is 24.1. The van der Waals surface area contributed by atoms with Gasteiger partial charge >= 0.3 is 0 Å². The van der Waals surface area contributed by atoms with Gasteiger partial charge in [-0.2, -0.15) is 0 Å². The van der Waals surface area contributed by atoms with Crippen LogP contribution in [0, 0.1) is 0 Å². The number of likely N-dealkylation sites (N-methyl/N-ethyl adjacent to an activating group) is 1. The fourth-order valence-electron chi connectivity index (χ4n) is 1.66. The zero-order chi connectivity index (χ0) is 11.8. The Labute approximate surface area is 100 Å². The quantitative estimate of drug-likeness (QED) is 0.902. The highest BCUT2D eigenvalue weighted by molar-refractivity contribution is 7.95. The molecule has 2 rings (SSSR count). The van der Waals surface area contributed by atoms with Gasteiger partial charge in [0.05, 0.1) is 9.80 Å². The molecule has 1 aliphatic heterocycles. The van der Waals surface area contributed by atoms with Crippen LogP contribution in [0.1, 0.15) is 12.5 Å². The van der Waals surface area contributed by atoms with Gasteiger partial charge in [0.15, 0.2) is 0 Å². The Morgan fingerprint density at radius 3 is 2.81 bits per heavy atom. The molecule has 1 heterocycles. The van der Waals surface area contributed by atoms with Crippen LogP contribution >= 0.6 is 11.6 Å². The molecule has 3 nitrogen and oxygen atoms in total. The standard InChI is InChI=1S/C11H12ClNO2S/c1-2-13-7-10-6-8-5-9(12)3-4-11(8)16(10,14)15/h3-6,13H,2,7H2,1H3. The molecule has 0 spiro atoms. The third kappa shape index (κ3) is 1.88. The van der Waals surface area contributed by atoms with Gasteiger partial charge in [0.25, 0.3) is 0 Å². The highest BCUT2D eigenvalue weighted by atomic mass is 35.5. The predicted molar refractivity (Wildman–Crippen MR) is 65.2 cm³/mol. The maximum absolute atomic E-state index is 12.1. The predicted octanol–water partition coefficient (Wildman–Crippen LogP) is 2.08. The Morgan fingerprint density at radius 2 is 2.12 bits per heavy atom. The molecule has 0 saturated carbocycles. The van der Waals surface area contributed by atoms with Crippen LogP contribution in [-0.2, 0) is 9.84 Å². The third-order valence-corrected chi connectivity index (χ3v) is 4.61. The van der Waals surface area contributed by atoms with Gasteiger partial charge in [0.2, 0.25) is 9.84 Å². The largest absolute Gasteiger partial charge is 0.312 e. The molecule has 0 amide bonds. The first-order valence-electron chi connectivity index (χ1n) is 5.01. The van der Waals surface area contributed by atoms with Crippen molar-refractivity contribution in [3.05, 3.63) is 33.7 Å². The number of hydrogen-bond donors (Lipinski definition) is 1. The van der Waals surface area contributed by atoms with E-state index in [0.29, 0.717) is 26.9 Å². The zero-order valence-corrected chi connectivity index (χ0v) is 10.4. The van der Waals surface area contributed by atoms with Gasteiger partial charge in [-0.25, -0.2) is 8.42 Å². The summed E-state index contributed by atoms with van der Waals surface area (Å²) >= 11 is 5.83. The number of hydrogen-bond acceptors (Lipinski definition) is 3. The van der Waals surface area contributed by atoms with Crippen LogP contribution in [0.2, 0.25) is 5.02 Å². The molecule has 0 fully saturated rings. The van der Waals surface area contributed by atoms with E-state index in [1.54, 1.807) is 24.3 Å². The Balaban J connectivity index is 2.44. The fourth-order valence-corrected chi connectivity index (χ4v) is 3.38. The lowest BCUT2D eigenvalue weighted by molar-refractivity contribution is 0.601. The van der Waals surface area contributed by atoms with E-state index >= 15 is 0 Å². The SMILES string of the molecule is CCNCC1=Cc2cc(Cl)ccc2S1(=O)=O. The van der Waals surface area contributed by atoms with Crippen molar-refractivity contribution in [3.63, 3.8) is 0 Å². The molecule has 0 saturated heterocycles. The Hall–Kier alpha value is -0.840. The van der Waals surface area contributed by atoms with E-state index in [1.807, 2.05) is 6.92 Å².